The van der Waals surface area contributed by atoms with Crippen molar-refractivity contribution in [3.63, 3.8) is 0 Å². The Morgan fingerprint density at radius 1 is 1.35 bits per heavy atom. The minimum atomic E-state index is -0.431. The van der Waals surface area contributed by atoms with E-state index >= 15 is 0 Å². The Balaban J connectivity index is 1.90. The molecule has 7 heteroatoms. The van der Waals surface area contributed by atoms with Crippen LogP contribution in [-0.2, 0) is 4.79 Å². The predicted octanol–water partition coefficient (Wildman–Crippen LogP) is 3.04. The number of nitrogens with zero attached hydrogens (tertiary/aromatic N) is 1. The average molecular weight is 352 g/mol. The van der Waals surface area contributed by atoms with E-state index in [1.165, 1.54) is 12.3 Å². The van der Waals surface area contributed by atoms with Crippen molar-refractivity contribution < 1.29 is 9.59 Å². The predicted molar refractivity (Wildman–Crippen MR) is 91.6 cm³/mol. The third-order valence-corrected chi connectivity index (χ3v) is 4.39. The zero-order chi connectivity index (χ0) is 16.8. The van der Waals surface area contributed by atoms with E-state index in [-0.39, 0.29) is 30.1 Å². The number of amides is 2. The molecule has 0 fully saturated rings. The first-order chi connectivity index (χ1) is 11.0. The summed E-state index contributed by atoms with van der Waals surface area (Å²) in [5.74, 6) is -0.421. The molecule has 2 aromatic heterocycles. The molecule has 2 N–H and O–H groups in total. The van der Waals surface area contributed by atoms with Gasteiger partial charge in [-0.25, -0.2) is 0 Å². The van der Waals surface area contributed by atoms with Crippen LogP contribution < -0.4 is 10.6 Å². The third kappa shape index (κ3) is 5.04. The average Bonchev–Trinajstić information content (AvgIpc) is 3.04. The topological polar surface area (TPSA) is 71.1 Å². The van der Waals surface area contributed by atoms with Gasteiger partial charge in [-0.2, -0.15) is 0 Å². The lowest BCUT2D eigenvalue weighted by molar-refractivity contribution is -0.121. The van der Waals surface area contributed by atoms with Crippen molar-refractivity contribution in [3.05, 3.63) is 51.4 Å². The molecule has 0 spiro atoms. The van der Waals surface area contributed by atoms with Gasteiger partial charge in [0, 0.05) is 16.1 Å². The molecule has 1 unspecified atom stereocenters. The van der Waals surface area contributed by atoms with Gasteiger partial charge in [0.05, 0.1) is 12.6 Å². The molecule has 0 saturated carbocycles. The third-order valence-electron chi connectivity index (χ3n) is 3.20. The van der Waals surface area contributed by atoms with Gasteiger partial charge in [-0.3, -0.25) is 14.6 Å². The lowest BCUT2D eigenvalue weighted by Gasteiger charge is -2.21. The smallest absolute Gasteiger partial charge is 0.270 e. The number of pyridine rings is 1. The second kappa shape index (κ2) is 8.08. The molecule has 2 aromatic rings. The highest BCUT2D eigenvalue weighted by molar-refractivity contribution is 7.10. The molecule has 0 saturated heterocycles. The molecule has 0 aliphatic rings. The van der Waals surface area contributed by atoms with Crippen LogP contribution in [-0.4, -0.2) is 23.3 Å². The summed E-state index contributed by atoms with van der Waals surface area (Å²) >= 11 is 7.41. The Morgan fingerprint density at radius 3 is 2.74 bits per heavy atom. The Bertz CT molecular complexity index is 674. The van der Waals surface area contributed by atoms with Gasteiger partial charge in [0.25, 0.3) is 5.91 Å². The molecule has 5 nitrogen and oxygen atoms in total. The molecule has 0 aliphatic carbocycles. The Hall–Kier alpha value is -1.92. The Labute approximate surface area is 144 Å². The van der Waals surface area contributed by atoms with Crippen LogP contribution in [0.2, 0.25) is 5.02 Å². The van der Waals surface area contributed by atoms with Crippen molar-refractivity contribution in [1.82, 2.24) is 15.6 Å². The Kier molecular flexibility index (Phi) is 6.12. The summed E-state index contributed by atoms with van der Waals surface area (Å²) < 4.78 is 0. The molecule has 0 aliphatic heterocycles. The van der Waals surface area contributed by atoms with Gasteiger partial charge in [0.1, 0.15) is 5.69 Å². The van der Waals surface area contributed by atoms with E-state index in [1.54, 1.807) is 17.4 Å². The van der Waals surface area contributed by atoms with Crippen molar-refractivity contribution in [2.24, 2.45) is 5.92 Å². The van der Waals surface area contributed by atoms with E-state index < -0.39 is 5.91 Å². The fourth-order valence-corrected chi connectivity index (χ4v) is 3.15. The van der Waals surface area contributed by atoms with Crippen LogP contribution in [0.4, 0.5) is 0 Å². The maximum Gasteiger partial charge on any atom is 0.270 e. The van der Waals surface area contributed by atoms with Crippen LogP contribution in [0, 0.1) is 5.92 Å². The lowest BCUT2D eigenvalue weighted by Crippen LogP contribution is -2.40. The number of hydrogen-bond donors (Lipinski definition) is 2. The molecule has 0 bridgehead atoms. The second-order valence-corrected chi connectivity index (χ2v) is 6.76. The quantitative estimate of drug-likeness (QED) is 0.840. The first kappa shape index (κ1) is 17.4. The van der Waals surface area contributed by atoms with E-state index in [2.05, 4.69) is 15.6 Å². The number of aromatic nitrogens is 1. The molecule has 2 heterocycles. The van der Waals surface area contributed by atoms with E-state index in [0.29, 0.717) is 5.02 Å². The zero-order valence-electron chi connectivity index (χ0n) is 12.9. The Morgan fingerprint density at radius 2 is 2.13 bits per heavy atom. The maximum atomic E-state index is 12.1. The normalized spacial score (nSPS) is 12.0. The van der Waals surface area contributed by atoms with Gasteiger partial charge in [-0.05, 0) is 29.5 Å². The lowest BCUT2D eigenvalue weighted by atomic mass is 10.0. The number of halogens is 1. The summed E-state index contributed by atoms with van der Waals surface area (Å²) in [5, 5.41) is 7.89. The SMILES string of the molecule is CC(C)C(NC(=O)CNC(=O)c1cc(Cl)ccn1)c1cccs1. The number of thiophene rings is 1. The molecule has 122 valence electrons. The van der Waals surface area contributed by atoms with Crippen molar-refractivity contribution >= 4 is 34.8 Å². The highest BCUT2D eigenvalue weighted by atomic mass is 35.5. The molecule has 0 aromatic carbocycles. The molecule has 2 rings (SSSR count). The van der Waals surface area contributed by atoms with Gasteiger partial charge in [0.2, 0.25) is 5.91 Å². The van der Waals surface area contributed by atoms with Gasteiger partial charge >= 0.3 is 0 Å². The summed E-state index contributed by atoms with van der Waals surface area (Å²) in [6, 6.07) is 6.92. The molecule has 0 radical (unpaired) electrons. The van der Waals surface area contributed by atoms with Crippen LogP contribution in [0.3, 0.4) is 0 Å². The number of hydrogen-bond acceptors (Lipinski definition) is 4. The number of carbonyl (C=O) groups excluding carboxylic acids is 2. The summed E-state index contributed by atoms with van der Waals surface area (Å²) in [6.45, 7) is 3.97. The summed E-state index contributed by atoms with van der Waals surface area (Å²) in [6.07, 6.45) is 1.45. The standard InChI is InChI=1S/C16H18ClN3O2S/c1-10(2)15(13-4-3-7-23-13)20-14(21)9-19-16(22)12-8-11(17)5-6-18-12/h3-8,10,15H,9H2,1-2H3,(H,19,22)(H,20,21). The molecular formula is C16H18ClN3O2S. The molecule has 23 heavy (non-hydrogen) atoms. The largest absolute Gasteiger partial charge is 0.347 e. The van der Waals surface area contributed by atoms with Gasteiger partial charge < -0.3 is 10.6 Å². The van der Waals surface area contributed by atoms with Gasteiger partial charge in [-0.15, -0.1) is 11.3 Å². The van der Waals surface area contributed by atoms with Crippen molar-refractivity contribution in [1.29, 1.82) is 0 Å². The number of carbonyl (C=O) groups is 2. The zero-order valence-corrected chi connectivity index (χ0v) is 14.4. The van der Waals surface area contributed by atoms with Crippen LogP contribution in [0.15, 0.2) is 35.8 Å². The van der Waals surface area contributed by atoms with E-state index in [0.717, 1.165) is 4.88 Å². The highest BCUT2D eigenvalue weighted by Crippen LogP contribution is 2.25. The minimum absolute atomic E-state index is 0.0660. The maximum absolute atomic E-state index is 12.1. The van der Waals surface area contributed by atoms with Crippen molar-refractivity contribution in [2.45, 2.75) is 19.9 Å². The van der Waals surface area contributed by atoms with Crippen LogP contribution in [0.1, 0.15) is 35.3 Å². The first-order valence-corrected chi connectivity index (χ1v) is 8.45. The minimum Gasteiger partial charge on any atom is -0.347 e. The molecule has 2 amide bonds. The molecule has 1 atom stereocenters. The second-order valence-electron chi connectivity index (χ2n) is 5.35. The van der Waals surface area contributed by atoms with Crippen molar-refractivity contribution in [3.8, 4) is 0 Å². The fraction of sp³-hybridized carbons (Fsp3) is 0.312. The first-order valence-electron chi connectivity index (χ1n) is 7.20. The van der Waals surface area contributed by atoms with Crippen molar-refractivity contribution in [2.75, 3.05) is 6.54 Å². The van der Waals surface area contributed by atoms with E-state index in [4.69, 9.17) is 11.6 Å². The van der Waals surface area contributed by atoms with Gasteiger partial charge in [0.15, 0.2) is 0 Å². The summed E-state index contributed by atoms with van der Waals surface area (Å²) in [5.41, 5.74) is 0.184. The summed E-state index contributed by atoms with van der Waals surface area (Å²) in [4.78, 5) is 29.0. The number of rotatable bonds is 6. The monoisotopic (exact) mass is 351 g/mol. The van der Waals surface area contributed by atoms with Crippen LogP contribution >= 0.6 is 22.9 Å². The number of nitrogens with one attached hydrogen (secondary N) is 2. The van der Waals surface area contributed by atoms with Crippen LogP contribution in [0.5, 0.6) is 0 Å². The van der Waals surface area contributed by atoms with Crippen LogP contribution in [0.25, 0.3) is 0 Å². The van der Waals surface area contributed by atoms with E-state index in [1.807, 2.05) is 31.4 Å². The summed E-state index contributed by atoms with van der Waals surface area (Å²) in [7, 11) is 0. The van der Waals surface area contributed by atoms with Gasteiger partial charge in [-0.1, -0.05) is 31.5 Å². The van der Waals surface area contributed by atoms with E-state index in [9.17, 15) is 9.59 Å². The molecular weight excluding hydrogens is 334 g/mol. The highest BCUT2D eigenvalue weighted by Gasteiger charge is 2.19. The fourth-order valence-electron chi connectivity index (χ4n) is 2.04.